The summed E-state index contributed by atoms with van der Waals surface area (Å²) in [5.41, 5.74) is -0.450. The smallest absolute Gasteiger partial charge is 0.387 e. The average Bonchev–Trinajstić information content (AvgIpc) is 2.72. The highest BCUT2D eigenvalue weighted by Crippen LogP contribution is 2.26. The van der Waals surface area contributed by atoms with Gasteiger partial charge in [0.2, 0.25) is 0 Å². The van der Waals surface area contributed by atoms with Crippen molar-refractivity contribution >= 4 is 11.7 Å². The predicted octanol–water partition coefficient (Wildman–Crippen LogP) is 2.82. The fourth-order valence-corrected chi connectivity index (χ4v) is 1.95. The van der Waals surface area contributed by atoms with Crippen LogP contribution < -0.4 is 10.1 Å². The van der Waals surface area contributed by atoms with Crippen LogP contribution in [0.5, 0.6) is 5.75 Å². The van der Waals surface area contributed by atoms with Crippen LogP contribution in [0, 0.1) is 11.6 Å². The van der Waals surface area contributed by atoms with E-state index in [0.717, 1.165) is 0 Å². The standard InChI is InChI=1S/C13H14F4N2O3/c14-8-7-11(22-12(16)17)9(15)6-10(8)18-13(20)19-2-1-4-21-5-3-19/h6-7,12H,1-5H2,(H,18,20). The Hall–Kier alpha value is -2.03. The molecule has 9 heteroatoms. The molecular formula is C13H14F4N2O3. The van der Waals surface area contributed by atoms with Crippen molar-refractivity contribution in [2.24, 2.45) is 0 Å². The highest BCUT2D eigenvalue weighted by atomic mass is 19.3. The molecule has 0 radical (unpaired) electrons. The number of amides is 2. The van der Waals surface area contributed by atoms with Gasteiger partial charge in [-0.1, -0.05) is 0 Å². The quantitative estimate of drug-likeness (QED) is 0.871. The lowest BCUT2D eigenvalue weighted by Gasteiger charge is -2.20. The van der Waals surface area contributed by atoms with Gasteiger partial charge in [-0.2, -0.15) is 8.78 Å². The van der Waals surface area contributed by atoms with Crippen LogP contribution in [-0.4, -0.2) is 43.8 Å². The zero-order chi connectivity index (χ0) is 16.1. The van der Waals surface area contributed by atoms with Crippen LogP contribution in [0.4, 0.5) is 28.0 Å². The topological polar surface area (TPSA) is 50.8 Å². The first-order valence-electron chi connectivity index (χ1n) is 6.55. The first-order valence-corrected chi connectivity index (χ1v) is 6.55. The zero-order valence-electron chi connectivity index (χ0n) is 11.5. The largest absolute Gasteiger partial charge is 0.432 e. The molecule has 0 aliphatic carbocycles. The number of anilines is 1. The third-order valence-corrected chi connectivity index (χ3v) is 2.99. The number of halogens is 4. The third-order valence-electron chi connectivity index (χ3n) is 2.99. The Labute approximate surface area is 123 Å². The van der Waals surface area contributed by atoms with Gasteiger partial charge in [-0.15, -0.1) is 0 Å². The number of benzene rings is 1. The minimum Gasteiger partial charge on any atom is -0.432 e. The summed E-state index contributed by atoms with van der Waals surface area (Å²) in [5.74, 6) is -3.19. The molecule has 1 fully saturated rings. The number of hydrogen-bond acceptors (Lipinski definition) is 3. The molecule has 22 heavy (non-hydrogen) atoms. The van der Waals surface area contributed by atoms with Crippen LogP contribution in [0.1, 0.15) is 6.42 Å². The van der Waals surface area contributed by atoms with Gasteiger partial charge in [0.15, 0.2) is 17.4 Å². The molecule has 2 amide bonds. The Morgan fingerprint density at radius 2 is 2.00 bits per heavy atom. The monoisotopic (exact) mass is 322 g/mol. The summed E-state index contributed by atoms with van der Waals surface area (Å²) in [6.07, 6.45) is 0.630. The van der Waals surface area contributed by atoms with Crippen LogP contribution in [0.25, 0.3) is 0 Å². The molecule has 1 aliphatic heterocycles. The number of carbonyl (C=O) groups is 1. The minimum atomic E-state index is -3.27. The number of nitrogens with zero attached hydrogens (tertiary/aromatic N) is 1. The summed E-state index contributed by atoms with van der Waals surface area (Å²) in [6, 6.07) is 0.438. The van der Waals surface area contributed by atoms with E-state index in [4.69, 9.17) is 4.74 Å². The van der Waals surface area contributed by atoms with Gasteiger partial charge in [-0.3, -0.25) is 0 Å². The van der Waals surface area contributed by atoms with Crippen molar-refractivity contribution in [2.45, 2.75) is 13.0 Å². The minimum absolute atomic E-state index is 0.322. The molecule has 1 aliphatic rings. The van der Waals surface area contributed by atoms with Gasteiger partial charge in [0, 0.05) is 31.8 Å². The first kappa shape index (κ1) is 16.3. The number of rotatable bonds is 3. The van der Waals surface area contributed by atoms with Crippen LogP contribution >= 0.6 is 0 Å². The molecule has 1 heterocycles. The fraction of sp³-hybridized carbons (Fsp3) is 0.462. The van der Waals surface area contributed by atoms with Crippen LogP contribution in [0.2, 0.25) is 0 Å². The summed E-state index contributed by atoms with van der Waals surface area (Å²) in [4.78, 5) is 13.4. The molecule has 1 N–H and O–H groups in total. The molecule has 0 unspecified atom stereocenters. The van der Waals surface area contributed by atoms with E-state index in [1.165, 1.54) is 4.90 Å². The molecule has 1 aromatic carbocycles. The van der Waals surface area contributed by atoms with Gasteiger partial charge in [0.25, 0.3) is 0 Å². The molecule has 0 bridgehead atoms. The van der Waals surface area contributed by atoms with E-state index >= 15 is 0 Å². The normalized spacial score (nSPS) is 15.6. The van der Waals surface area contributed by atoms with Crippen LogP contribution in [0.3, 0.4) is 0 Å². The lowest BCUT2D eigenvalue weighted by Crippen LogP contribution is -2.37. The van der Waals surface area contributed by atoms with Gasteiger partial charge in [-0.25, -0.2) is 13.6 Å². The second-order valence-electron chi connectivity index (χ2n) is 4.52. The Kier molecular flexibility index (Phi) is 5.42. The van der Waals surface area contributed by atoms with E-state index < -0.39 is 35.7 Å². The van der Waals surface area contributed by atoms with Gasteiger partial charge < -0.3 is 19.7 Å². The Morgan fingerprint density at radius 3 is 2.73 bits per heavy atom. The number of alkyl halides is 2. The molecule has 0 aromatic heterocycles. The molecule has 0 atom stereocenters. The average molecular weight is 322 g/mol. The summed E-state index contributed by atoms with van der Waals surface area (Å²) in [5, 5.41) is 2.20. The zero-order valence-corrected chi connectivity index (χ0v) is 11.5. The van der Waals surface area contributed by atoms with Gasteiger partial charge in [0.05, 0.1) is 12.3 Å². The first-order chi connectivity index (χ1) is 10.5. The van der Waals surface area contributed by atoms with Crippen molar-refractivity contribution in [2.75, 3.05) is 31.6 Å². The summed E-state index contributed by atoms with van der Waals surface area (Å²) in [7, 11) is 0. The number of urea groups is 1. The second-order valence-corrected chi connectivity index (χ2v) is 4.52. The number of nitrogens with one attached hydrogen (secondary N) is 1. The fourth-order valence-electron chi connectivity index (χ4n) is 1.95. The maximum Gasteiger partial charge on any atom is 0.387 e. The molecule has 1 saturated heterocycles. The Bertz CT molecular complexity index is 534. The van der Waals surface area contributed by atoms with E-state index in [1.54, 1.807) is 0 Å². The van der Waals surface area contributed by atoms with E-state index in [-0.39, 0.29) is 0 Å². The lowest BCUT2D eigenvalue weighted by atomic mass is 10.2. The summed E-state index contributed by atoms with van der Waals surface area (Å²) < 4.78 is 60.3. The lowest BCUT2D eigenvalue weighted by molar-refractivity contribution is -0.0523. The van der Waals surface area contributed by atoms with Crippen LogP contribution in [0.15, 0.2) is 12.1 Å². The molecule has 122 valence electrons. The molecular weight excluding hydrogens is 308 g/mol. The number of hydrogen-bond donors (Lipinski definition) is 1. The van der Waals surface area contributed by atoms with Crippen molar-refractivity contribution < 1.29 is 31.8 Å². The number of ether oxygens (including phenoxy) is 2. The van der Waals surface area contributed by atoms with E-state index in [2.05, 4.69) is 10.1 Å². The maximum absolute atomic E-state index is 13.7. The van der Waals surface area contributed by atoms with Crippen molar-refractivity contribution in [1.29, 1.82) is 0 Å². The molecule has 0 spiro atoms. The maximum atomic E-state index is 13.7. The van der Waals surface area contributed by atoms with Crippen molar-refractivity contribution in [3.63, 3.8) is 0 Å². The third kappa shape index (κ3) is 4.23. The van der Waals surface area contributed by atoms with Crippen LogP contribution in [-0.2, 0) is 4.74 Å². The predicted molar refractivity (Wildman–Crippen MR) is 69.0 cm³/mol. The van der Waals surface area contributed by atoms with E-state index in [1.807, 2.05) is 0 Å². The molecule has 1 aromatic rings. The second kappa shape index (κ2) is 7.30. The highest BCUT2D eigenvalue weighted by molar-refractivity contribution is 5.89. The summed E-state index contributed by atoms with van der Waals surface area (Å²) in [6.45, 7) is -1.66. The van der Waals surface area contributed by atoms with E-state index in [9.17, 15) is 22.4 Å². The Morgan fingerprint density at radius 1 is 1.23 bits per heavy atom. The highest BCUT2D eigenvalue weighted by Gasteiger charge is 2.19. The molecule has 5 nitrogen and oxygen atoms in total. The van der Waals surface area contributed by atoms with E-state index in [0.29, 0.717) is 44.9 Å². The van der Waals surface area contributed by atoms with Gasteiger partial charge >= 0.3 is 12.6 Å². The van der Waals surface area contributed by atoms with Gasteiger partial charge in [-0.05, 0) is 6.42 Å². The molecule has 0 saturated carbocycles. The Balaban J connectivity index is 2.08. The SMILES string of the molecule is O=C(Nc1cc(F)c(OC(F)F)cc1F)N1CCCOCC1. The van der Waals surface area contributed by atoms with Crippen molar-refractivity contribution in [3.8, 4) is 5.75 Å². The van der Waals surface area contributed by atoms with Gasteiger partial charge in [0.1, 0.15) is 0 Å². The number of carbonyl (C=O) groups excluding carboxylic acids is 1. The molecule has 2 rings (SSSR count). The van der Waals surface area contributed by atoms with Crippen molar-refractivity contribution in [1.82, 2.24) is 4.90 Å². The summed E-state index contributed by atoms with van der Waals surface area (Å²) >= 11 is 0. The van der Waals surface area contributed by atoms with Crippen molar-refractivity contribution in [3.05, 3.63) is 23.8 Å².